The van der Waals surface area contributed by atoms with Gasteiger partial charge in [0.1, 0.15) is 0 Å². The van der Waals surface area contributed by atoms with Crippen molar-refractivity contribution in [3.05, 3.63) is 34.5 Å². The van der Waals surface area contributed by atoms with Crippen LogP contribution in [-0.2, 0) is 13.0 Å². The summed E-state index contributed by atoms with van der Waals surface area (Å²) in [6.45, 7) is 8.59. The van der Waals surface area contributed by atoms with Gasteiger partial charge in [0.05, 0.1) is 12.1 Å². The van der Waals surface area contributed by atoms with E-state index in [0.29, 0.717) is 25.0 Å². The van der Waals surface area contributed by atoms with Gasteiger partial charge in [-0.05, 0) is 76.4 Å². The molecule has 2 heterocycles. The fourth-order valence-electron chi connectivity index (χ4n) is 5.26. The van der Waals surface area contributed by atoms with Crippen molar-refractivity contribution in [3.63, 3.8) is 0 Å². The average Bonchev–Trinajstić information content (AvgIpc) is 2.96. The molecule has 2 aliphatic rings. The van der Waals surface area contributed by atoms with E-state index in [1.54, 1.807) is 4.90 Å². The van der Waals surface area contributed by atoms with E-state index < -0.39 is 0 Å². The van der Waals surface area contributed by atoms with Gasteiger partial charge in [0, 0.05) is 36.1 Å². The first kappa shape index (κ1) is 19.3. The zero-order valence-corrected chi connectivity index (χ0v) is 17.5. The molecule has 6 heteroatoms. The summed E-state index contributed by atoms with van der Waals surface area (Å²) in [6.07, 6.45) is 3.41. The molecule has 4 rings (SSSR count). The Morgan fingerprint density at radius 1 is 1.32 bits per heavy atom. The van der Waals surface area contributed by atoms with Crippen molar-refractivity contribution in [2.45, 2.75) is 58.6 Å². The summed E-state index contributed by atoms with van der Waals surface area (Å²) in [5, 5.41) is 11.2. The van der Waals surface area contributed by atoms with Gasteiger partial charge in [0.25, 0.3) is 0 Å². The third kappa shape index (κ3) is 2.90. The minimum atomic E-state index is -0.0821. The van der Waals surface area contributed by atoms with Crippen LogP contribution in [0.5, 0.6) is 0 Å². The average molecular weight is 385 g/mol. The Balaban J connectivity index is 1.87. The van der Waals surface area contributed by atoms with Crippen molar-refractivity contribution in [1.29, 1.82) is 0 Å². The molecule has 0 spiro atoms. The monoisotopic (exact) mass is 384 g/mol. The van der Waals surface area contributed by atoms with E-state index in [-0.39, 0.29) is 12.6 Å². The lowest BCUT2D eigenvalue weighted by atomic mass is 9.74. The maximum atomic E-state index is 12.8. The van der Waals surface area contributed by atoms with Crippen LogP contribution in [0.4, 0.5) is 4.79 Å². The lowest BCUT2D eigenvalue weighted by molar-refractivity contribution is 0.156. The van der Waals surface area contributed by atoms with Crippen LogP contribution in [0.25, 0.3) is 10.9 Å². The number of likely N-dealkylation sites (N-methyl/N-ethyl adjacent to an activating group) is 1. The van der Waals surface area contributed by atoms with Gasteiger partial charge in [-0.15, -0.1) is 0 Å². The zero-order chi connectivity index (χ0) is 20.0. The second-order valence-corrected chi connectivity index (χ2v) is 8.23. The molecule has 0 unspecified atom stereocenters. The summed E-state index contributed by atoms with van der Waals surface area (Å²) in [5.74, 6) is 0.494. The number of aliphatic hydroxyl groups excluding tert-OH is 1. The number of carbonyl (C=O) groups excluding carboxylic acids is 1. The van der Waals surface area contributed by atoms with Crippen molar-refractivity contribution in [3.8, 4) is 0 Å². The topological polar surface area (TPSA) is 60.7 Å². The number of aliphatic hydroxyl groups is 1. The van der Waals surface area contributed by atoms with Crippen molar-refractivity contribution < 1.29 is 9.90 Å². The molecule has 2 atom stereocenters. The van der Waals surface area contributed by atoms with Crippen LogP contribution in [0.2, 0.25) is 0 Å². The number of hydrogen-bond acceptors (Lipinski definition) is 3. The second kappa shape index (κ2) is 7.41. The van der Waals surface area contributed by atoms with E-state index in [1.165, 1.54) is 29.4 Å². The maximum Gasteiger partial charge on any atom is 0.336 e. The first-order valence-corrected chi connectivity index (χ1v) is 10.5. The highest BCUT2D eigenvalue weighted by molar-refractivity contribution is 5.93. The number of nitrogens with zero attached hydrogens (tertiary/aromatic N) is 3. The number of rotatable bonds is 4. The Morgan fingerprint density at radius 2 is 2.07 bits per heavy atom. The standard InChI is InChI=1S/C22H32N4O2/c1-5-25(6-2)22(28)23-26-14(3)17-12-19-16(8-7-9-24(19)4)18-10-15(13-27)11-20(26)21(17)18/h10-11,16,19,27H,5-9,12-13H2,1-4H3,(H,23,28)/t16-,19-/m1/s1. The molecule has 2 aromatic rings. The van der Waals surface area contributed by atoms with Crippen molar-refractivity contribution in [1.82, 2.24) is 14.5 Å². The van der Waals surface area contributed by atoms with Gasteiger partial charge in [-0.25, -0.2) is 10.2 Å². The van der Waals surface area contributed by atoms with Crippen LogP contribution in [-0.4, -0.2) is 58.3 Å². The number of nitrogens with one attached hydrogen (secondary N) is 1. The van der Waals surface area contributed by atoms with Gasteiger partial charge in [-0.1, -0.05) is 6.07 Å². The lowest BCUT2D eigenvalue weighted by Crippen LogP contribution is -2.44. The molecule has 0 radical (unpaired) electrons. The number of benzene rings is 1. The summed E-state index contributed by atoms with van der Waals surface area (Å²) in [4.78, 5) is 17.0. The van der Waals surface area contributed by atoms with Crippen molar-refractivity contribution >= 4 is 16.9 Å². The highest BCUT2D eigenvalue weighted by Gasteiger charge is 2.38. The van der Waals surface area contributed by atoms with Crippen LogP contribution >= 0.6 is 0 Å². The number of amides is 2. The number of aromatic nitrogens is 1. The van der Waals surface area contributed by atoms with E-state index in [9.17, 15) is 9.90 Å². The maximum absolute atomic E-state index is 12.8. The summed E-state index contributed by atoms with van der Waals surface area (Å²) < 4.78 is 1.95. The molecule has 2 amide bonds. The molecule has 28 heavy (non-hydrogen) atoms. The largest absolute Gasteiger partial charge is 0.392 e. The molecule has 152 valence electrons. The molecular weight excluding hydrogens is 352 g/mol. The van der Waals surface area contributed by atoms with Gasteiger partial charge in [0.2, 0.25) is 0 Å². The number of urea groups is 1. The van der Waals surface area contributed by atoms with Crippen LogP contribution < -0.4 is 5.43 Å². The quantitative estimate of drug-likeness (QED) is 0.851. The number of piperidine rings is 1. The molecule has 1 aromatic carbocycles. The lowest BCUT2D eigenvalue weighted by Gasteiger charge is -2.42. The molecule has 0 saturated carbocycles. The Hall–Kier alpha value is -2.05. The number of fused-ring (bicyclic) bond motifs is 2. The van der Waals surface area contributed by atoms with E-state index in [0.717, 1.165) is 29.7 Å². The number of carbonyl (C=O) groups is 1. The molecule has 6 nitrogen and oxygen atoms in total. The molecule has 1 aliphatic carbocycles. The predicted octanol–water partition coefficient (Wildman–Crippen LogP) is 3.18. The summed E-state index contributed by atoms with van der Waals surface area (Å²) >= 11 is 0. The van der Waals surface area contributed by atoms with Crippen molar-refractivity contribution in [2.24, 2.45) is 0 Å². The molecule has 2 N–H and O–H groups in total. The van der Waals surface area contributed by atoms with Gasteiger partial charge in [-0.3, -0.25) is 4.68 Å². The molecule has 1 aromatic heterocycles. The molecule has 1 fully saturated rings. The van der Waals surface area contributed by atoms with Crippen LogP contribution in [0, 0.1) is 6.92 Å². The zero-order valence-electron chi connectivity index (χ0n) is 17.5. The minimum absolute atomic E-state index is 0.0136. The smallest absolute Gasteiger partial charge is 0.336 e. The van der Waals surface area contributed by atoms with E-state index in [2.05, 4.69) is 30.4 Å². The molecule has 1 saturated heterocycles. The fourth-order valence-corrected chi connectivity index (χ4v) is 5.26. The molecular formula is C22H32N4O2. The second-order valence-electron chi connectivity index (χ2n) is 8.23. The first-order chi connectivity index (χ1) is 13.5. The van der Waals surface area contributed by atoms with Gasteiger partial charge >= 0.3 is 6.03 Å². The Bertz CT molecular complexity index is 900. The number of hydrogen-bond donors (Lipinski definition) is 2. The minimum Gasteiger partial charge on any atom is -0.392 e. The summed E-state index contributed by atoms with van der Waals surface area (Å²) in [5.41, 5.74) is 8.83. The first-order valence-electron chi connectivity index (χ1n) is 10.5. The Labute approximate surface area is 167 Å². The van der Waals surface area contributed by atoms with E-state index in [4.69, 9.17) is 0 Å². The SMILES string of the molecule is CCN(CC)C(=O)Nn1c(C)c2c3c(cc(CO)cc31)[C@H]1CCCN(C)[C@@H]1C2. The van der Waals surface area contributed by atoms with E-state index >= 15 is 0 Å². The third-order valence-corrected chi connectivity index (χ3v) is 6.83. The van der Waals surface area contributed by atoms with Gasteiger partial charge in [0.15, 0.2) is 0 Å². The van der Waals surface area contributed by atoms with E-state index in [1.807, 2.05) is 24.6 Å². The highest BCUT2D eigenvalue weighted by Crippen LogP contribution is 2.45. The third-order valence-electron chi connectivity index (χ3n) is 6.83. The van der Waals surface area contributed by atoms with Gasteiger partial charge < -0.3 is 14.9 Å². The predicted molar refractivity (Wildman–Crippen MR) is 112 cm³/mol. The Morgan fingerprint density at radius 3 is 2.75 bits per heavy atom. The summed E-state index contributed by atoms with van der Waals surface area (Å²) in [7, 11) is 2.23. The van der Waals surface area contributed by atoms with Crippen molar-refractivity contribution in [2.75, 3.05) is 32.1 Å². The Kier molecular flexibility index (Phi) is 5.10. The van der Waals surface area contributed by atoms with Crippen LogP contribution in [0.15, 0.2) is 12.1 Å². The summed E-state index contributed by atoms with van der Waals surface area (Å²) in [6, 6.07) is 4.63. The van der Waals surface area contributed by atoms with Crippen LogP contribution in [0.1, 0.15) is 55.0 Å². The fraction of sp³-hybridized carbons (Fsp3) is 0.591. The highest BCUT2D eigenvalue weighted by atomic mass is 16.3. The normalized spacial score (nSPS) is 21.6. The van der Waals surface area contributed by atoms with Crippen LogP contribution in [0.3, 0.4) is 0 Å². The molecule has 0 bridgehead atoms. The van der Waals surface area contributed by atoms with Gasteiger partial charge in [-0.2, -0.15) is 0 Å². The molecule has 1 aliphatic heterocycles. The number of likely N-dealkylation sites (tertiary alicyclic amines) is 1.